The topological polar surface area (TPSA) is 84.9 Å². The molecule has 0 spiro atoms. The number of methoxy groups -OCH3 is 1. The molecule has 1 heterocycles. The fourth-order valence-corrected chi connectivity index (χ4v) is 3.87. The minimum Gasteiger partial charge on any atom is -0.497 e. The molecule has 0 aromatic heterocycles. The smallest absolute Gasteiger partial charge is 0.335 e. The standard InChI is InChI=1S/C29H28N2O5/c1-5-20-8-11-23(12-9-20)31-28(33)25(27(32)30-29(31)34)15-22-10-13-24(35-4)16-26(22)36-17-21-7-6-18(2)19(3)14-21/h6-16H,5,17H2,1-4H3,(H,30,32,34)/b25-15+. The van der Waals surface area contributed by atoms with Gasteiger partial charge in [0.05, 0.1) is 12.8 Å². The van der Waals surface area contributed by atoms with Crippen molar-refractivity contribution >= 4 is 29.6 Å². The molecule has 0 atom stereocenters. The zero-order valence-electron chi connectivity index (χ0n) is 20.8. The van der Waals surface area contributed by atoms with Crippen LogP contribution in [0.5, 0.6) is 11.5 Å². The molecule has 36 heavy (non-hydrogen) atoms. The van der Waals surface area contributed by atoms with Gasteiger partial charge in [0.25, 0.3) is 11.8 Å². The van der Waals surface area contributed by atoms with Gasteiger partial charge in [-0.3, -0.25) is 14.9 Å². The Bertz CT molecular complexity index is 1360. The fourth-order valence-electron chi connectivity index (χ4n) is 3.87. The van der Waals surface area contributed by atoms with Crippen molar-refractivity contribution in [2.24, 2.45) is 0 Å². The molecule has 0 saturated carbocycles. The van der Waals surface area contributed by atoms with Gasteiger partial charge < -0.3 is 9.47 Å². The SMILES string of the molecule is CCc1ccc(N2C(=O)NC(=O)/C(=C\c3ccc(OC)cc3OCc3ccc(C)c(C)c3)C2=O)cc1. The predicted molar refractivity (Wildman–Crippen MR) is 138 cm³/mol. The molecule has 1 saturated heterocycles. The van der Waals surface area contributed by atoms with Crippen LogP contribution in [-0.4, -0.2) is 25.0 Å². The number of benzene rings is 3. The van der Waals surface area contributed by atoms with E-state index >= 15 is 0 Å². The van der Waals surface area contributed by atoms with Crippen LogP contribution in [0, 0.1) is 13.8 Å². The molecule has 1 N–H and O–H groups in total. The highest BCUT2D eigenvalue weighted by atomic mass is 16.5. The van der Waals surface area contributed by atoms with Crippen molar-refractivity contribution in [1.82, 2.24) is 5.32 Å². The molecule has 0 bridgehead atoms. The summed E-state index contributed by atoms with van der Waals surface area (Å²) in [7, 11) is 1.55. The van der Waals surface area contributed by atoms with Crippen molar-refractivity contribution in [1.29, 1.82) is 0 Å². The number of anilines is 1. The maximum atomic E-state index is 13.3. The summed E-state index contributed by atoms with van der Waals surface area (Å²) in [5.74, 6) is -0.456. The van der Waals surface area contributed by atoms with Crippen LogP contribution in [0.1, 0.15) is 34.7 Å². The number of amides is 4. The van der Waals surface area contributed by atoms with Gasteiger partial charge in [0, 0.05) is 11.6 Å². The third-order valence-corrected chi connectivity index (χ3v) is 6.19. The van der Waals surface area contributed by atoms with E-state index in [4.69, 9.17) is 9.47 Å². The maximum Gasteiger partial charge on any atom is 0.335 e. The maximum absolute atomic E-state index is 13.3. The van der Waals surface area contributed by atoms with Gasteiger partial charge in [-0.25, -0.2) is 9.69 Å². The first-order chi connectivity index (χ1) is 17.3. The largest absolute Gasteiger partial charge is 0.497 e. The molecule has 4 amide bonds. The Morgan fingerprint density at radius 3 is 2.28 bits per heavy atom. The van der Waals surface area contributed by atoms with Crippen molar-refractivity contribution in [2.75, 3.05) is 12.0 Å². The highest BCUT2D eigenvalue weighted by Crippen LogP contribution is 2.30. The number of imide groups is 2. The Labute approximate surface area is 210 Å². The van der Waals surface area contributed by atoms with E-state index in [1.54, 1.807) is 37.4 Å². The minimum absolute atomic E-state index is 0.171. The zero-order chi connectivity index (χ0) is 25.8. The van der Waals surface area contributed by atoms with Crippen LogP contribution < -0.4 is 19.7 Å². The van der Waals surface area contributed by atoms with Gasteiger partial charge in [-0.05, 0) is 72.9 Å². The molecule has 3 aromatic carbocycles. The minimum atomic E-state index is -0.785. The number of hydrogen-bond acceptors (Lipinski definition) is 5. The molecular formula is C29H28N2O5. The molecule has 184 valence electrons. The van der Waals surface area contributed by atoms with Gasteiger partial charge in [-0.15, -0.1) is 0 Å². The van der Waals surface area contributed by atoms with Gasteiger partial charge >= 0.3 is 6.03 Å². The van der Waals surface area contributed by atoms with E-state index in [2.05, 4.69) is 11.4 Å². The van der Waals surface area contributed by atoms with Gasteiger partial charge in [0.15, 0.2) is 0 Å². The summed E-state index contributed by atoms with van der Waals surface area (Å²) in [5, 5.41) is 2.26. The van der Waals surface area contributed by atoms with Gasteiger partial charge in [-0.2, -0.15) is 0 Å². The van der Waals surface area contributed by atoms with E-state index in [9.17, 15) is 14.4 Å². The molecule has 1 aliphatic heterocycles. The second-order valence-electron chi connectivity index (χ2n) is 8.59. The van der Waals surface area contributed by atoms with Crippen LogP contribution >= 0.6 is 0 Å². The van der Waals surface area contributed by atoms with Gasteiger partial charge in [0.2, 0.25) is 0 Å². The molecular weight excluding hydrogens is 456 g/mol. The van der Waals surface area contributed by atoms with Crippen LogP contribution in [0.25, 0.3) is 6.08 Å². The summed E-state index contributed by atoms with van der Waals surface area (Å²) in [5.41, 5.74) is 5.12. The van der Waals surface area contributed by atoms with E-state index in [1.807, 2.05) is 45.0 Å². The second kappa shape index (κ2) is 10.5. The summed E-state index contributed by atoms with van der Waals surface area (Å²) in [4.78, 5) is 39.5. The van der Waals surface area contributed by atoms with Crippen LogP contribution in [0.15, 0.2) is 66.2 Å². The van der Waals surface area contributed by atoms with Crippen LogP contribution in [0.2, 0.25) is 0 Å². The Kier molecular flexibility index (Phi) is 7.20. The molecule has 3 aromatic rings. The highest BCUT2D eigenvalue weighted by molar-refractivity contribution is 6.39. The quantitative estimate of drug-likeness (QED) is 0.372. The van der Waals surface area contributed by atoms with Crippen LogP contribution in [0.4, 0.5) is 10.5 Å². The first-order valence-corrected chi connectivity index (χ1v) is 11.7. The highest BCUT2D eigenvalue weighted by Gasteiger charge is 2.37. The van der Waals surface area contributed by atoms with Crippen molar-refractivity contribution in [3.8, 4) is 11.5 Å². The molecule has 1 fully saturated rings. The van der Waals surface area contributed by atoms with E-state index in [-0.39, 0.29) is 5.57 Å². The summed E-state index contributed by atoms with van der Waals surface area (Å²) >= 11 is 0. The van der Waals surface area contributed by atoms with E-state index < -0.39 is 17.8 Å². The molecule has 4 rings (SSSR count). The molecule has 0 aliphatic carbocycles. The molecule has 0 unspecified atom stereocenters. The number of aryl methyl sites for hydroxylation is 3. The number of rotatable bonds is 7. The average Bonchev–Trinajstić information content (AvgIpc) is 2.88. The summed E-state index contributed by atoms with van der Waals surface area (Å²) in [6.45, 7) is 6.39. The lowest BCUT2D eigenvalue weighted by molar-refractivity contribution is -0.122. The predicted octanol–water partition coefficient (Wildman–Crippen LogP) is 5.12. The molecule has 0 radical (unpaired) electrons. The number of hydrogen-bond donors (Lipinski definition) is 1. The average molecular weight is 485 g/mol. The zero-order valence-corrected chi connectivity index (χ0v) is 20.8. The number of carbonyl (C=O) groups excluding carboxylic acids is 3. The summed E-state index contributed by atoms with van der Waals surface area (Å²) in [6.07, 6.45) is 2.26. The van der Waals surface area contributed by atoms with Crippen LogP contribution in [0.3, 0.4) is 0 Å². The van der Waals surface area contributed by atoms with Crippen molar-refractivity contribution in [2.45, 2.75) is 33.8 Å². The lowest BCUT2D eigenvalue weighted by Crippen LogP contribution is -2.54. The lowest BCUT2D eigenvalue weighted by atomic mass is 10.0. The van der Waals surface area contributed by atoms with E-state index in [0.717, 1.165) is 28.0 Å². The molecule has 7 nitrogen and oxygen atoms in total. The number of nitrogens with zero attached hydrogens (tertiary/aromatic N) is 1. The van der Waals surface area contributed by atoms with Crippen LogP contribution in [-0.2, 0) is 22.6 Å². The molecule has 1 aliphatic rings. The first kappa shape index (κ1) is 24.7. The Morgan fingerprint density at radius 2 is 1.61 bits per heavy atom. The number of nitrogens with one attached hydrogen (secondary N) is 1. The Hall–Kier alpha value is -4.39. The monoisotopic (exact) mass is 484 g/mol. The van der Waals surface area contributed by atoms with E-state index in [1.165, 1.54) is 11.6 Å². The second-order valence-corrected chi connectivity index (χ2v) is 8.59. The van der Waals surface area contributed by atoms with Gasteiger partial charge in [-0.1, -0.05) is 37.3 Å². The van der Waals surface area contributed by atoms with Crippen molar-refractivity contribution in [3.63, 3.8) is 0 Å². The third-order valence-electron chi connectivity index (χ3n) is 6.19. The van der Waals surface area contributed by atoms with Gasteiger partial charge in [0.1, 0.15) is 23.7 Å². The fraction of sp³-hybridized carbons (Fsp3) is 0.207. The summed E-state index contributed by atoms with van der Waals surface area (Å²) < 4.78 is 11.4. The Morgan fingerprint density at radius 1 is 0.889 bits per heavy atom. The first-order valence-electron chi connectivity index (χ1n) is 11.7. The number of barbiturate groups is 1. The number of ether oxygens (including phenoxy) is 2. The van der Waals surface area contributed by atoms with E-state index in [0.29, 0.717) is 29.4 Å². The van der Waals surface area contributed by atoms with Crippen molar-refractivity contribution in [3.05, 3.63) is 94.1 Å². The normalized spacial score (nSPS) is 14.7. The third kappa shape index (κ3) is 5.15. The Balaban J connectivity index is 1.67. The summed E-state index contributed by atoms with van der Waals surface area (Å²) in [6, 6.07) is 17.5. The molecule has 7 heteroatoms. The number of carbonyl (C=O) groups is 3. The number of urea groups is 1. The lowest BCUT2D eigenvalue weighted by Gasteiger charge is -2.26. The van der Waals surface area contributed by atoms with Crippen molar-refractivity contribution < 1.29 is 23.9 Å².